The average molecular weight is 104 g/mol. The Hall–Kier alpha value is -0.120. The molecule has 0 bridgehead atoms. The summed E-state index contributed by atoms with van der Waals surface area (Å²) in [6.07, 6.45) is -0.340. The molecule has 7 heavy (non-hydrogen) atoms. The van der Waals surface area contributed by atoms with Crippen LogP contribution in [0.25, 0.3) is 0 Å². The number of aliphatic hydroxyl groups is 2. The molecule has 0 unspecified atom stereocenters. The maximum Gasteiger partial charge on any atom is 0.157 e. The molecule has 1 aliphatic heterocycles. The van der Waals surface area contributed by atoms with E-state index >= 15 is 0 Å². The molecule has 1 saturated heterocycles. The molecule has 0 aliphatic carbocycles. The quantitative estimate of drug-likeness (QED) is 0.433. The van der Waals surface area contributed by atoms with Gasteiger partial charge in [-0.05, 0) is 0 Å². The van der Waals surface area contributed by atoms with Gasteiger partial charge in [-0.3, -0.25) is 0 Å². The molecule has 3 nitrogen and oxygen atoms in total. The minimum atomic E-state index is -0.727. The molecule has 1 heterocycles. The van der Waals surface area contributed by atoms with Gasteiger partial charge in [0.05, 0.1) is 0 Å². The molecule has 1 aliphatic rings. The standard InChI is InChI=1S/C4H8O3/c5-3-1-2-4(6)7-3/h3-6H,1-2H2/t3-,4-/m0/s1. The Kier molecular flexibility index (Phi) is 1.27. The Morgan fingerprint density at radius 3 is 1.71 bits per heavy atom. The van der Waals surface area contributed by atoms with Crippen LogP contribution < -0.4 is 0 Å². The average Bonchev–Trinajstić information content (AvgIpc) is 1.87. The molecule has 2 atom stereocenters. The molecule has 42 valence electrons. The van der Waals surface area contributed by atoms with Crippen molar-refractivity contribution in [2.24, 2.45) is 0 Å². The second-order valence-corrected chi connectivity index (χ2v) is 1.62. The SMILES string of the molecule is O[C@@H]1CC[C@@H](O)O1. The molecule has 0 spiro atoms. The van der Waals surface area contributed by atoms with Crippen LogP contribution in [0.4, 0.5) is 0 Å². The van der Waals surface area contributed by atoms with Crippen LogP contribution in [0.2, 0.25) is 0 Å². The highest BCUT2D eigenvalue weighted by Gasteiger charge is 2.19. The fourth-order valence-electron chi connectivity index (χ4n) is 0.603. The molecular formula is C4H8O3. The Morgan fingerprint density at radius 1 is 1.14 bits per heavy atom. The van der Waals surface area contributed by atoms with E-state index in [-0.39, 0.29) is 0 Å². The lowest BCUT2D eigenvalue weighted by molar-refractivity contribution is -0.160. The number of rotatable bonds is 0. The van der Waals surface area contributed by atoms with Crippen LogP contribution in [0.15, 0.2) is 0 Å². The Balaban J connectivity index is 2.26. The minimum absolute atomic E-state index is 0.557. The van der Waals surface area contributed by atoms with E-state index in [0.29, 0.717) is 12.8 Å². The van der Waals surface area contributed by atoms with Gasteiger partial charge in [-0.2, -0.15) is 0 Å². The first-order chi connectivity index (χ1) is 3.29. The topological polar surface area (TPSA) is 49.7 Å². The first-order valence-corrected chi connectivity index (χ1v) is 2.30. The van der Waals surface area contributed by atoms with Gasteiger partial charge >= 0.3 is 0 Å². The van der Waals surface area contributed by atoms with Crippen LogP contribution in [-0.2, 0) is 4.74 Å². The Morgan fingerprint density at radius 2 is 1.57 bits per heavy atom. The second kappa shape index (κ2) is 1.78. The molecule has 0 aromatic carbocycles. The zero-order valence-corrected chi connectivity index (χ0v) is 3.87. The second-order valence-electron chi connectivity index (χ2n) is 1.62. The normalized spacial score (nSPS) is 42.0. The van der Waals surface area contributed by atoms with E-state index in [0.717, 1.165) is 0 Å². The summed E-state index contributed by atoms with van der Waals surface area (Å²) in [6, 6.07) is 0. The van der Waals surface area contributed by atoms with E-state index in [2.05, 4.69) is 4.74 Å². The van der Waals surface area contributed by atoms with E-state index in [1.54, 1.807) is 0 Å². The monoisotopic (exact) mass is 104 g/mol. The van der Waals surface area contributed by atoms with E-state index < -0.39 is 12.6 Å². The van der Waals surface area contributed by atoms with Gasteiger partial charge < -0.3 is 14.9 Å². The van der Waals surface area contributed by atoms with Crippen molar-refractivity contribution in [3.8, 4) is 0 Å². The summed E-state index contributed by atoms with van der Waals surface area (Å²) in [5.41, 5.74) is 0. The number of ether oxygens (including phenoxy) is 1. The van der Waals surface area contributed by atoms with Gasteiger partial charge in [0.2, 0.25) is 0 Å². The number of hydrogen-bond donors (Lipinski definition) is 2. The molecule has 1 fully saturated rings. The molecule has 0 amide bonds. The van der Waals surface area contributed by atoms with Crippen molar-refractivity contribution in [2.45, 2.75) is 25.4 Å². The van der Waals surface area contributed by atoms with Gasteiger partial charge in [0, 0.05) is 12.8 Å². The third-order valence-electron chi connectivity index (χ3n) is 0.975. The summed E-state index contributed by atoms with van der Waals surface area (Å²) in [5.74, 6) is 0. The lowest BCUT2D eigenvalue weighted by atomic mass is 10.3. The molecule has 2 N–H and O–H groups in total. The third kappa shape index (κ3) is 1.12. The van der Waals surface area contributed by atoms with E-state index in [1.165, 1.54) is 0 Å². The van der Waals surface area contributed by atoms with Crippen molar-refractivity contribution in [3.63, 3.8) is 0 Å². The summed E-state index contributed by atoms with van der Waals surface area (Å²) in [5, 5.41) is 17.0. The summed E-state index contributed by atoms with van der Waals surface area (Å²) in [4.78, 5) is 0. The van der Waals surface area contributed by atoms with Crippen molar-refractivity contribution < 1.29 is 14.9 Å². The maximum absolute atomic E-state index is 8.52. The zero-order chi connectivity index (χ0) is 5.28. The van der Waals surface area contributed by atoms with Gasteiger partial charge in [0.1, 0.15) is 0 Å². The van der Waals surface area contributed by atoms with E-state index in [4.69, 9.17) is 10.2 Å². The highest BCUT2D eigenvalue weighted by molar-refractivity contribution is 4.54. The van der Waals surface area contributed by atoms with Gasteiger partial charge in [0.25, 0.3) is 0 Å². The Bertz CT molecular complexity index is 56.0. The molecular weight excluding hydrogens is 96.0 g/mol. The van der Waals surface area contributed by atoms with Crippen molar-refractivity contribution in [2.75, 3.05) is 0 Å². The first-order valence-electron chi connectivity index (χ1n) is 2.30. The van der Waals surface area contributed by atoms with Crippen LogP contribution >= 0.6 is 0 Å². The van der Waals surface area contributed by atoms with Gasteiger partial charge in [-0.25, -0.2) is 0 Å². The summed E-state index contributed by atoms with van der Waals surface area (Å²) in [7, 11) is 0. The highest BCUT2D eigenvalue weighted by Crippen LogP contribution is 2.13. The highest BCUT2D eigenvalue weighted by atomic mass is 16.7. The van der Waals surface area contributed by atoms with Gasteiger partial charge in [-0.1, -0.05) is 0 Å². The van der Waals surface area contributed by atoms with Gasteiger partial charge in [-0.15, -0.1) is 0 Å². The van der Waals surface area contributed by atoms with Crippen molar-refractivity contribution >= 4 is 0 Å². The van der Waals surface area contributed by atoms with Crippen LogP contribution in [-0.4, -0.2) is 22.8 Å². The number of hydrogen-bond acceptors (Lipinski definition) is 3. The number of aliphatic hydroxyl groups excluding tert-OH is 2. The van der Waals surface area contributed by atoms with Crippen LogP contribution in [0.1, 0.15) is 12.8 Å². The predicted molar refractivity (Wildman–Crippen MR) is 22.3 cm³/mol. The summed E-state index contributed by atoms with van der Waals surface area (Å²) in [6.45, 7) is 0. The van der Waals surface area contributed by atoms with E-state index in [9.17, 15) is 0 Å². The third-order valence-corrected chi connectivity index (χ3v) is 0.975. The minimum Gasteiger partial charge on any atom is -0.368 e. The molecule has 0 saturated carbocycles. The smallest absolute Gasteiger partial charge is 0.157 e. The summed E-state index contributed by atoms with van der Waals surface area (Å²) < 4.78 is 4.47. The summed E-state index contributed by atoms with van der Waals surface area (Å²) >= 11 is 0. The molecule has 1 rings (SSSR count). The predicted octanol–water partition coefficient (Wildman–Crippen LogP) is -0.566. The lowest BCUT2D eigenvalue weighted by Crippen LogP contribution is -2.07. The molecule has 3 heteroatoms. The molecule has 0 aromatic heterocycles. The molecule has 0 aromatic rings. The fourth-order valence-corrected chi connectivity index (χ4v) is 0.603. The van der Waals surface area contributed by atoms with Crippen molar-refractivity contribution in [3.05, 3.63) is 0 Å². The van der Waals surface area contributed by atoms with E-state index in [1.807, 2.05) is 0 Å². The fraction of sp³-hybridized carbons (Fsp3) is 1.00. The Labute approximate surface area is 41.5 Å². The van der Waals surface area contributed by atoms with Gasteiger partial charge in [0.15, 0.2) is 12.6 Å². The maximum atomic E-state index is 8.52. The first kappa shape index (κ1) is 5.03. The lowest BCUT2D eigenvalue weighted by Gasteiger charge is -1.99. The largest absolute Gasteiger partial charge is 0.368 e. The van der Waals surface area contributed by atoms with Crippen LogP contribution in [0, 0.1) is 0 Å². The van der Waals surface area contributed by atoms with Crippen molar-refractivity contribution in [1.82, 2.24) is 0 Å². The van der Waals surface area contributed by atoms with Crippen LogP contribution in [0.3, 0.4) is 0 Å². The van der Waals surface area contributed by atoms with Crippen LogP contribution in [0.5, 0.6) is 0 Å². The molecule has 0 radical (unpaired) electrons. The zero-order valence-electron chi connectivity index (χ0n) is 3.87. The van der Waals surface area contributed by atoms with Crippen molar-refractivity contribution in [1.29, 1.82) is 0 Å².